The Bertz CT molecular complexity index is 398. The summed E-state index contributed by atoms with van der Waals surface area (Å²) in [6.07, 6.45) is 3.77. The van der Waals surface area contributed by atoms with E-state index in [1.165, 1.54) is 43.7 Å². The zero-order valence-electron chi connectivity index (χ0n) is 11.0. The van der Waals surface area contributed by atoms with Gasteiger partial charge in [-0.15, -0.1) is 0 Å². The molecule has 2 aliphatic rings. The molecule has 1 atom stereocenters. The van der Waals surface area contributed by atoms with Crippen LogP contribution in [-0.4, -0.2) is 43.7 Å². The van der Waals surface area contributed by atoms with E-state index in [1.807, 2.05) is 0 Å². The second kappa shape index (κ2) is 5.29. The molecule has 0 saturated carbocycles. The van der Waals surface area contributed by atoms with Gasteiger partial charge in [0, 0.05) is 31.4 Å². The van der Waals surface area contributed by atoms with Crippen LogP contribution in [0, 0.1) is 0 Å². The zero-order valence-corrected chi connectivity index (χ0v) is 11.0. The van der Waals surface area contributed by atoms with E-state index < -0.39 is 0 Å². The van der Waals surface area contributed by atoms with Crippen molar-refractivity contribution in [1.29, 1.82) is 0 Å². The van der Waals surface area contributed by atoms with Crippen LogP contribution < -0.4 is 10.6 Å². The highest BCUT2D eigenvalue weighted by molar-refractivity contribution is 5.56. The van der Waals surface area contributed by atoms with Gasteiger partial charge in [-0.3, -0.25) is 0 Å². The molecule has 1 saturated heterocycles. The Morgan fingerprint density at radius 1 is 1.11 bits per heavy atom. The molecule has 3 heteroatoms. The number of benzene rings is 1. The smallest absolute Gasteiger partial charge is 0.0400 e. The van der Waals surface area contributed by atoms with Crippen molar-refractivity contribution in [1.82, 2.24) is 4.90 Å². The maximum Gasteiger partial charge on any atom is 0.0400 e. The van der Waals surface area contributed by atoms with Gasteiger partial charge in [0.05, 0.1) is 0 Å². The predicted molar refractivity (Wildman–Crippen MR) is 76.0 cm³/mol. The molecule has 0 bridgehead atoms. The third-order valence-corrected chi connectivity index (χ3v) is 4.15. The molecule has 0 aromatic heterocycles. The van der Waals surface area contributed by atoms with Gasteiger partial charge in [0.2, 0.25) is 0 Å². The lowest BCUT2D eigenvalue weighted by Gasteiger charge is -2.35. The third-order valence-electron chi connectivity index (χ3n) is 4.15. The molecular weight excluding hydrogens is 222 g/mol. The first-order valence-corrected chi connectivity index (χ1v) is 7.14. The molecule has 3 nitrogen and oxygen atoms in total. The highest BCUT2D eigenvalue weighted by Crippen LogP contribution is 2.26. The van der Waals surface area contributed by atoms with Crippen LogP contribution in [0.15, 0.2) is 24.3 Å². The first-order chi connectivity index (χ1) is 8.83. The zero-order chi connectivity index (χ0) is 12.4. The Morgan fingerprint density at radius 3 is 2.72 bits per heavy atom. The van der Waals surface area contributed by atoms with Crippen molar-refractivity contribution in [2.75, 3.05) is 37.6 Å². The average Bonchev–Trinajstić information content (AvgIpc) is 2.89. The fourth-order valence-electron chi connectivity index (χ4n) is 3.20. The van der Waals surface area contributed by atoms with E-state index in [2.05, 4.69) is 34.1 Å². The van der Waals surface area contributed by atoms with Crippen LogP contribution >= 0.6 is 0 Å². The van der Waals surface area contributed by atoms with Crippen molar-refractivity contribution in [2.45, 2.75) is 25.3 Å². The number of nitrogens with two attached hydrogens (primary N) is 1. The summed E-state index contributed by atoms with van der Waals surface area (Å²) in [7, 11) is 0. The molecule has 1 aromatic carbocycles. The molecule has 98 valence electrons. The van der Waals surface area contributed by atoms with Crippen LogP contribution in [0.1, 0.15) is 18.4 Å². The molecule has 1 fully saturated rings. The first kappa shape index (κ1) is 12.0. The Kier molecular flexibility index (Phi) is 3.52. The quantitative estimate of drug-likeness (QED) is 0.875. The van der Waals surface area contributed by atoms with Crippen LogP contribution in [0.2, 0.25) is 0 Å². The topological polar surface area (TPSA) is 32.5 Å². The SMILES string of the molecule is NC1Cc2ccccc2N(CCN2CCCC2)C1. The second-order valence-corrected chi connectivity index (χ2v) is 5.59. The molecule has 1 unspecified atom stereocenters. The van der Waals surface area contributed by atoms with Gasteiger partial charge in [-0.1, -0.05) is 18.2 Å². The molecular formula is C15H23N3. The molecule has 0 aliphatic carbocycles. The van der Waals surface area contributed by atoms with Gasteiger partial charge in [-0.05, 0) is 44.0 Å². The molecule has 1 aromatic rings. The lowest BCUT2D eigenvalue weighted by Crippen LogP contribution is -2.45. The monoisotopic (exact) mass is 245 g/mol. The first-order valence-electron chi connectivity index (χ1n) is 7.14. The standard InChI is InChI=1S/C15H23N3/c16-14-11-13-5-1-2-6-15(13)18(12-14)10-9-17-7-3-4-8-17/h1-2,5-6,14H,3-4,7-12,16H2. The largest absolute Gasteiger partial charge is 0.368 e. The average molecular weight is 245 g/mol. The third kappa shape index (κ3) is 2.52. The minimum atomic E-state index is 0.290. The Morgan fingerprint density at radius 2 is 1.89 bits per heavy atom. The van der Waals surface area contributed by atoms with E-state index in [4.69, 9.17) is 5.73 Å². The molecule has 2 heterocycles. The highest BCUT2D eigenvalue weighted by atomic mass is 15.2. The van der Waals surface area contributed by atoms with E-state index in [0.717, 1.165) is 19.5 Å². The number of para-hydroxylation sites is 1. The second-order valence-electron chi connectivity index (χ2n) is 5.59. The Hall–Kier alpha value is -1.06. The van der Waals surface area contributed by atoms with E-state index in [1.54, 1.807) is 0 Å². The number of anilines is 1. The molecule has 0 spiro atoms. The lowest BCUT2D eigenvalue weighted by molar-refractivity contribution is 0.342. The van der Waals surface area contributed by atoms with E-state index in [9.17, 15) is 0 Å². The summed E-state index contributed by atoms with van der Waals surface area (Å²) in [5, 5.41) is 0. The number of fused-ring (bicyclic) bond motifs is 1. The van der Waals surface area contributed by atoms with Gasteiger partial charge in [0.25, 0.3) is 0 Å². The molecule has 0 amide bonds. The van der Waals surface area contributed by atoms with Crippen molar-refractivity contribution >= 4 is 5.69 Å². The van der Waals surface area contributed by atoms with Gasteiger partial charge in [0.1, 0.15) is 0 Å². The summed E-state index contributed by atoms with van der Waals surface area (Å²) in [4.78, 5) is 5.05. The van der Waals surface area contributed by atoms with Crippen molar-refractivity contribution < 1.29 is 0 Å². The molecule has 2 N–H and O–H groups in total. The minimum absolute atomic E-state index is 0.290. The summed E-state index contributed by atoms with van der Waals surface area (Å²) in [6.45, 7) is 5.86. The fourth-order valence-corrected chi connectivity index (χ4v) is 3.20. The van der Waals surface area contributed by atoms with Crippen molar-refractivity contribution in [3.63, 3.8) is 0 Å². The number of hydrogen-bond acceptors (Lipinski definition) is 3. The summed E-state index contributed by atoms with van der Waals surface area (Å²) in [5.74, 6) is 0. The van der Waals surface area contributed by atoms with Gasteiger partial charge in [0.15, 0.2) is 0 Å². The number of nitrogens with zero attached hydrogens (tertiary/aromatic N) is 2. The molecule has 2 aliphatic heterocycles. The summed E-state index contributed by atoms with van der Waals surface area (Å²) < 4.78 is 0. The van der Waals surface area contributed by atoms with Gasteiger partial charge in [-0.25, -0.2) is 0 Å². The number of likely N-dealkylation sites (tertiary alicyclic amines) is 1. The summed E-state index contributed by atoms with van der Waals surface area (Å²) >= 11 is 0. The predicted octanol–water partition coefficient (Wildman–Crippen LogP) is 1.47. The van der Waals surface area contributed by atoms with E-state index in [0.29, 0.717) is 6.04 Å². The van der Waals surface area contributed by atoms with Crippen molar-refractivity contribution in [2.24, 2.45) is 5.73 Å². The highest BCUT2D eigenvalue weighted by Gasteiger charge is 2.22. The lowest BCUT2D eigenvalue weighted by atomic mass is 9.98. The van der Waals surface area contributed by atoms with Crippen LogP contribution in [0.3, 0.4) is 0 Å². The Labute approximate surface area is 110 Å². The van der Waals surface area contributed by atoms with Crippen molar-refractivity contribution in [3.05, 3.63) is 29.8 Å². The molecule has 18 heavy (non-hydrogen) atoms. The minimum Gasteiger partial charge on any atom is -0.368 e. The number of rotatable bonds is 3. The van der Waals surface area contributed by atoms with E-state index in [-0.39, 0.29) is 0 Å². The Balaban J connectivity index is 1.67. The van der Waals surface area contributed by atoms with Crippen LogP contribution in [0.4, 0.5) is 5.69 Å². The van der Waals surface area contributed by atoms with Crippen LogP contribution in [0.25, 0.3) is 0 Å². The summed E-state index contributed by atoms with van der Waals surface area (Å²) in [5.41, 5.74) is 8.98. The maximum absolute atomic E-state index is 6.17. The fraction of sp³-hybridized carbons (Fsp3) is 0.600. The van der Waals surface area contributed by atoms with E-state index >= 15 is 0 Å². The molecule has 3 rings (SSSR count). The van der Waals surface area contributed by atoms with Crippen LogP contribution in [-0.2, 0) is 6.42 Å². The van der Waals surface area contributed by atoms with Crippen LogP contribution in [0.5, 0.6) is 0 Å². The van der Waals surface area contributed by atoms with Gasteiger partial charge < -0.3 is 15.5 Å². The number of hydrogen-bond donors (Lipinski definition) is 1. The van der Waals surface area contributed by atoms with Gasteiger partial charge in [-0.2, -0.15) is 0 Å². The molecule has 0 radical (unpaired) electrons. The normalized spacial score (nSPS) is 24.3. The van der Waals surface area contributed by atoms with Gasteiger partial charge >= 0.3 is 0 Å². The maximum atomic E-state index is 6.17. The van der Waals surface area contributed by atoms with Crippen molar-refractivity contribution in [3.8, 4) is 0 Å². The summed E-state index contributed by atoms with van der Waals surface area (Å²) in [6, 6.07) is 9.01.